The molecule has 0 aliphatic rings. The second-order valence-corrected chi connectivity index (χ2v) is 5.83. The van der Waals surface area contributed by atoms with Crippen molar-refractivity contribution in [1.82, 2.24) is 10.3 Å². The average molecular weight is 377 g/mol. The zero-order valence-electron chi connectivity index (χ0n) is 12.7. The van der Waals surface area contributed by atoms with Crippen LogP contribution in [0.1, 0.15) is 28.4 Å². The highest BCUT2D eigenvalue weighted by molar-refractivity contribution is 9.10. The van der Waals surface area contributed by atoms with E-state index < -0.39 is 5.97 Å². The molecule has 0 saturated heterocycles. The van der Waals surface area contributed by atoms with Gasteiger partial charge >= 0.3 is 5.97 Å². The molecule has 1 heterocycles. The minimum Gasteiger partial charge on any atom is -0.452 e. The summed E-state index contributed by atoms with van der Waals surface area (Å²) in [5.41, 5.74) is 2.54. The Morgan fingerprint density at radius 1 is 1.17 bits per heavy atom. The molecule has 0 bridgehead atoms. The lowest BCUT2D eigenvalue weighted by Crippen LogP contribution is -2.28. The van der Waals surface area contributed by atoms with E-state index in [1.54, 1.807) is 12.3 Å². The van der Waals surface area contributed by atoms with Crippen LogP contribution in [0.4, 0.5) is 0 Å². The summed E-state index contributed by atoms with van der Waals surface area (Å²) < 4.78 is 5.63. The van der Waals surface area contributed by atoms with E-state index in [0.717, 1.165) is 12.0 Å². The molecule has 2 aromatic rings. The number of aromatic nitrogens is 1. The fourth-order valence-electron chi connectivity index (χ4n) is 1.88. The number of carbonyl (C=O) groups is 2. The molecule has 0 radical (unpaired) electrons. The second kappa shape index (κ2) is 8.43. The Balaban J connectivity index is 1.77. The molecule has 2 rings (SSSR count). The predicted molar refractivity (Wildman–Crippen MR) is 89.9 cm³/mol. The van der Waals surface area contributed by atoms with E-state index in [4.69, 9.17) is 4.74 Å². The quantitative estimate of drug-likeness (QED) is 0.787. The van der Waals surface area contributed by atoms with Crippen molar-refractivity contribution >= 4 is 27.8 Å². The molecule has 1 aromatic heterocycles. The maximum absolute atomic E-state index is 11.8. The molecule has 0 spiro atoms. The summed E-state index contributed by atoms with van der Waals surface area (Å²) in [6.07, 6.45) is 3.93. The van der Waals surface area contributed by atoms with E-state index in [-0.39, 0.29) is 12.5 Å². The first-order valence-corrected chi connectivity index (χ1v) is 8.00. The third-order valence-electron chi connectivity index (χ3n) is 3.20. The summed E-state index contributed by atoms with van der Waals surface area (Å²) in [6, 6.07) is 9.59. The molecular formula is C17H17BrN2O3. The number of nitrogens with zero attached hydrogens (tertiary/aromatic N) is 1. The van der Waals surface area contributed by atoms with Gasteiger partial charge in [0, 0.05) is 23.4 Å². The van der Waals surface area contributed by atoms with Crippen LogP contribution < -0.4 is 5.32 Å². The van der Waals surface area contributed by atoms with Gasteiger partial charge in [0.15, 0.2) is 6.61 Å². The Labute approximate surface area is 143 Å². The lowest BCUT2D eigenvalue weighted by molar-refractivity contribution is -0.124. The van der Waals surface area contributed by atoms with Crippen molar-refractivity contribution in [3.8, 4) is 0 Å². The van der Waals surface area contributed by atoms with Crippen LogP contribution in [0.5, 0.6) is 0 Å². The standard InChI is InChI=1S/C17H17BrN2O3/c1-2-12-3-5-13(6-4-12)8-20-16(21)11-23-17(22)14-7-15(18)10-19-9-14/h3-7,9-10H,2,8,11H2,1H3,(H,20,21). The fraction of sp³-hybridized carbons (Fsp3) is 0.235. The maximum Gasteiger partial charge on any atom is 0.340 e. The number of esters is 1. The van der Waals surface area contributed by atoms with Gasteiger partial charge in [-0.25, -0.2) is 4.79 Å². The summed E-state index contributed by atoms with van der Waals surface area (Å²) in [4.78, 5) is 27.4. The Morgan fingerprint density at radius 3 is 2.52 bits per heavy atom. The minimum atomic E-state index is -0.582. The zero-order chi connectivity index (χ0) is 16.7. The Kier molecular flexibility index (Phi) is 6.29. The van der Waals surface area contributed by atoms with Crippen LogP contribution in [-0.2, 0) is 22.5 Å². The SMILES string of the molecule is CCc1ccc(CNC(=O)COC(=O)c2cncc(Br)c2)cc1. The summed E-state index contributed by atoms with van der Waals surface area (Å²) in [6.45, 7) is 2.17. The Morgan fingerprint density at radius 2 is 1.87 bits per heavy atom. The first kappa shape index (κ1) is 17.1. The molecule has 0 aliphatic carbocycles. The summed E-state index contributed by atoms with van der Waals surface area (Å²) in [5, 5.41) is 2.71. The van der Waals surface area contributed by atoms with Gasteiger partial charge in [-0.15, -0.1) is 0 Å². The third kappa shape index (κ3) is 5.49. The van der Waals surface area contributed by atoms with E-state index in [1.165, 1.54) is 11.8 Å². The van der Waals surface area contributed by atoms with Gasteiger partial charge in [0.05, 0.1) is 5.56 Å². The van der Waals surface area contributed by atoms with Crippen molar-refractivity contribution in [2.45, 2.75) is 19.9 Å². The molecule has 1 N–H and O–H groups in total. The highest BCUT2D eigenvalue weighted by atomic mass is 79.9. The highest BCUT2D eigenvalue weighted by Crippen LogP contribution is 2.10. The molecule has 5 nitrogen and oxygen atoms in total. The predicted octanol–water partition coefficient (Wildman–Crippen LogP) is 2.88. The van der Waals surface area contributed by atoms with Crippen LogP contribution in [0.3, 0.4) is 0 Å². The number of benzene rings is 1. The molecule has 0 fully saturated rings. The molecular weight excluding hydrogens is 360 g/mol. The van der Waals surface area contributed by atoms with Crippen molar-refractivity contribution in [2.75, 3.05) is 6.61 Å². The number of aryl methyl sites for hydroxylation is 1. The average Bonchev–Trinajstić information content (AvgIpc) is 2.58. The maximum atomic E-state index is 11.8. The third-order valence-corrected chi connectivity index (χ3v) is 3.63. The van der Waals surface area contributed by atoms with E-state index >= 15 is 0 Å². The van der Waals surface area contributed by atoms with Gasteiger partial charge in [0.1, 0.15) is 0 Å². The van der Waals surface area contributed by atoms with Crippen LogP contribution in [0.15, 0.2) is 47.2 Å². The van der Waals surface area contributed by atoms with E-state index in [1.807, 2.05) is 24.3 Å². The number of carbonyl (C=O) groups excluding carboxylic acids is 2. The van der Waals surface area contributed by atoms with Crippen LogP contribution >= 0.6 is 15.9 Å². The van der Waals surface area contributed by atoms with E-state index in [9.17, 15) is 9.59 Å². The second-order valence-electron chi connectivity index (χ2n) is 4.91. The number of rotatable bonds is 6. The number of nitrogens with one attached hydrogen (secondary N) is 1. The largest absolute Gasteiger partial charge is 0.452 e. The normalized spacial score (nSPS) is 10.2. The van der Waals surface area contributed by atoms with Gasteiger partial charge in [0.2, 0.25) is 0 Å². The van der Waals surface area contributed by atoms with E-state index in [0.29, 0.717) is 16.6 Å². The van der Waals surface area contributed by atoms with Crippen molar-refractivity contribution in [3.05, 3.63) is 63.9 Å². The first-order chi connectivity index (χ1) is 11.1. The lowest BCUT2D eigenvalue weighted by Gasteiger charge is -2.07. The van der Waals surface area contributed by atoms with E-state index in [2.05, 4.69) is 33.2 Å². The van der Waals surface area contributed by atoms with Gasteiger partial charge in [-0.1, -0.05) is 31.2 Å². The smallest absolute Gasteiger partial charge is 0.340 e. The van der Waals surface area contributed by atoms with Gasteiger partial charge in [0.25, 0.3) is 5.91 Å². The summed E-state index contributed by atoms with van der Waals surface area (Å²) in [7, 11) is 0. The Hall–Kier alpha value is -2.21. The topological polar surface area (TPSA) is 68.3 Å². The number of amides is 1. The van der Waals surface area contributed by atoms with Crippen LogP contribution in [-0.4, -0.2) is 23.5 Å². The number of halogens is 1. The molecule has 23 heavy (non-hydrogen) atoms. The number of pyridine rings is 1. The molecule has 0 atom stereocenters. The molecule has 120 valence electrons. The van der Waals surface area contributed by atoms with Gasteiger partial charge in [-0.2, -0.15) is 0 Å². The number of hydrogen-bond acceptors (Lipinski definition) is 4. The lowest BCUT2D eigenvalue weighted by atomic mass is 10.1. The summed E-state index contributed by atoms with van der Waals surface area (Å²) in [5.74, 6) is -0.929. The summed E-state index contributed by atoms with van der Waals surface area (Å²) >= 11 is 3.22. The fourth-order valence-corrected chi connectivity index (χ4v) is 2.25. The molecule has 1 amide bonds. The molecule has 0 unspecified atom stereocenters. The van der Waals surface area contributed by atoms with Crippen molar-refractivity contribution in [3.63, 3.8) is 0 Å². The Bertz CT molecular complexity index is 686. The van der Waals surface area contributed by atoms with Gasteiger partial charge < -0.3 is 10.1 Å². The highest BCUT2D eigenvalue weighted by Gasteiger charge is 2.10. The zero-order valence-corrected chi connectivity index (χ0v) is 14.3. The van der Waals surface area contributed by atoms with Crippen LogP contribution in [0.2, 0.25) is 0 Å². The molecule has 6 heteroatoms. The monoisotopic (exact) mass is 376 g/mol. The van der Waals surface area contributed by atoms with Gasteiger partial charge in [-0.3, -0.25) is 9.78 Å². The first-order valence-electron chi connectivity index (χ1n) is 7.20. The van der Waals surface area contributed by atoms with Crippen LogP contribution in [0.25, 0.3) is 0 Å². The van der Waals surface area contributed by atoms with Crippen molar-refractivity contribution in [1.29, 1.82) is 0 Å². The molecule has 0 saturated carbocycles. The molecule has 1 aromatic carbocycles. The van der Waals surface area contributed by atoms with Crippen molar-refractivity contribution < 1.29 is 14.3 Å². The van der Waals surface area contributed by atoms with Gasteiger partial charge in [-0.05, 0) is 39.5 Å². The van der Waals surface area contributed by atoms with Crippen LogP contribution in [0, 0.1) is 0 Å². The molecule has 0 aliphatic heterocycles. The number of ether oxygens (including phenoxy) is 1. The van der Waals surface area contributed by atoms with Crippen molar-refractivity contribution in [2.24, 2.45) is 0 Å². The number of hydrogen-bond donors (Lipinski definition) is 1. The minimum absolute atomic E-state index is 0.294.